The number of aliphatic hydroxyl groups excluding tert-OH is 5. The van der Waals surface area contributed by atoms with Gasteiger partial charge in [-0.15, -0.1) is 0 Å². The largest absolute Gasteiger partial charge is 0.394 e. The molecule has 0 aliphatic carbocycles. The van der Waals surface area contributed by atoms with E-state index in [2.05, 4.69) is 0 Å². The van der Waals surface area contributed by atoms with E-state index >= 15 is 0 Å². The molecule has 1 heterocycles. The lowest BCUT2D eigenvalue weighted by atomic mass is 9.96. The van der Waals surface area contributed by atoms with Gasteiger partial charge < -0.3 is 40.1 Å². The molecule has 0 spiro atoms. The van der Waals surface area contributed by atoms with Crippen LogP contribution in [-0.4, -0.2) is 86.3 Å². The molecule has 0 aromatic carbocycles. The number of rotatable bonds is 8. The Morgan fingerprint density at radius 2 is 1.83 bits per heavy atom. The smallest absolute Gasteiger partial charge is 0.187 e. The second-order valence-corrected chi connectivity index (χ2v) is 6.79. The highest BCUT2D eigenvalue weighted by Gasteiger charge is 2.43. The zero-order valence-corrected chi connectivity index (χ0v) is 14.4. The molecule has 1 saturated heterocycles. The molecule has 6 N–H and O–H groups in total. The Hall–Kier alpha value is -0.580. The predicted molar refractivity (Wildman–Crippen MR) is 85.0 cm³/mol. The van der Waals surface area contributed by atoms with Crippen molar-refractivity contribution < 1.29 is 40.1 Å². The van der Waals surface area contributed by atoms with Crippen molar-refractivity contribution in [3.05, 3.63) is 11.6 Å². The van der Waals surface area contributed by atoms with Crippen molar-refractivity contribution in [3.8, 4) is 0 Å². The highest BCUT2D eigenvalue weighted by molar-refractivity contribution is 4.99. The van der Waals surface area contributed by atoms with Crippen LogP contribution in [0.4, 0.5) is 0 Å². The SMILES string of the molecule is CC(=CCOC1OC(CO)C(O)C(O)C1O)CCC(O)C(C)(C)O. The van der Waals surface area contributed by atoms with Crippen molar-refractivity contribution in [1.29, 1.82) is 0 Å². The van der Waals surface area contributed by atoms with Gasteiger partial charge in [-0.1, -0.05) is 11.6 Å². The Kier molecular flexibility index (Phi) is 8.24. The van der Waals surface area contributed by atoms with Crippen LogP contribution in [0.15, 0.2) is 11.6 Å². The van der Waals surface area contributed by atoms with E-state index in [1.165, 1.54) is 0 Å². The number of aliphatic hydroxyl groups is 6. The van der Waals surface area contributed by atoms with Crippen molar-refractivity contribution >= 4 is 0 Å². The van der Waals surface area contributed by atoms with E-state index in [1.807, 2.05) is 6.92 Å². The summed E-state index contributed by atoms with van der Waals surface area (Å²) in [6.07, 6.45) is -4.61. The molecule has 8 nitrogen and oxygen atoms in total. The highest BCUT2D eigenvalue weighted by Crippen LogP contribution is 2.22. The van der Waals surface area contributed by atoms with E-state index in [9.17, 15) is 25.5 Å². The minimum atomic E-state index is -1.46. The van der Waals surface area contributed by atoms with Gasteiger partial charge in [-0.05, 0) is 33.6 Å². The fourth-order valence-corrected chi connectivity index (χ4v) is 2.31. The van der Waals surface area contributed by atoms with Gasteiger partial charge >= 0.3 is 0 Å². The van der Waals surface area contributed by atoms with Crippen LogP contribution in [0.25, 0.3) is 0 Å². The van der Waals surface area contributed by atoms with Gasteiger partial charge in [0.25, 0.3) is 0 Å². The third-order valence-electron chi connectivity index (χ3n) is 4.17. The minimum absolute atomic E-state index is 0.0904. The first-order valence-corrected chi connectivity index (χ1v) is 8.06. The summed E-state index contributed by atoms with van der Waals surface area (Å²) in [6.45, 7) is 4.51. The average Bonchev–Trinajstić information content (AvgIpc) is 2.51. The molecule has 0 aromatic rings. The lowest BCUT2D eigenvalue weighted by Crippen LogP contribution is -2.59. The normalized spacial score (nSPS) is 33.5. The van der Waals surface area contributed by atoms with Gasteiger partial charge in [0.05, 0.1) is 24.9 Å². The Morgan fingerprint density at radius 1 is 1.21 bits per heavy atom. The molecular formula is C16H30O8. The fraction of sp³-hybridized carbons (Fsp3) is 0.875. The Balaban J connectivity index is 2.44. The van der Waals surface area contributed by atoms with Crippen LogP contribution in [-0.2, 0) is 9.47 Å². The van der Waals surface area contributed by atoms with Crippen LogP contribution in [0.3, 0.4) is 0 Å². The molecule has 0 aromatic heterocycles. The maximum absolute atomic E-state index is 9.83. The zero-order valence-electron chi connectivity index (χ0n) is 14.4. The minimum Gasteiger partial charge on any atom is -0.394 e. The Labute approximate surface area is 142 Å². The first-order chi connectivity index (χ1) is 11.1. The van der Waals surface area contributed by atoms with Crippen molar-refractivity contribution in [2.24, 2.45) is 0 Å². The number of ether oxygens (including phenoxy) is 2. The molecule has 24 heavy (non-hydrogen) atoms. The second-order valence-electron chi connectivity index (χ2n) is 6.79. The predicted octanol–water partition coefficient (Wildman–Crippen LogP) is -1.34. The summed E-state index contributed by atoms with van der Waals surface area (Å²) in [7, 11) is 0. The quantitative estimate of drug-likeness (QED) is 0.296. The summed E-state index contributed by atoms with van der Waals surface area (Å²) >= 11 is 0. The average molecular weight is 350 g/mol. The van der Waals surface area contributed by atoms with Gasteiger partial charge in [0.15, 0.2) is 6.29 Å². The fourth-order valence-electron chi connectivity index (χ4n) is 2.31. The van der Waals surface area contributed by atoms with Crippen molar-refractivity contribution in [1.82, 2.24) is 0 Å². The number of allylic oxidation sites excluding steroid dienone is 1. The third kappa shape index (κ3) is 6.05. The van der Waals surface area contributed by atoms with Crippen molar-refractivity contribution in [3.63, 3.8) is 0 Å². The maximum atomic E-state index is 9.83. The summed E-state index contributed by atoms with van der Waals surface area (Å²) in [5.74, 6) is 0. The Bertz CT molecular complexity index is 403. The van der Waals surface area contributed by atoms with E-state index in [-0.39, 0.29) is 6.61 Å². The lowest BCUT2D eigenvalue weighted by molar-refractivity contribution is -0.298. The zero-order chi connectivity index (χ0) is 18.5. The van der Waals surface area contributed by atoms with Crippen molar-refractivity contribution in [2.45, 2.75) is 76.0 Å². The summed E-state index contributed by atoms with van der Waals surface area (Å²) in [5.41, 5.74) is -0.240. The van der Waals surface area contributed by atoms with Crippen LogP contribution in [0, 0.1) is 0 Å². The van der Waals surface area contributed by atoms with Crippen LogP contribution in [0.5, 0.6) is 0 Å². The molecule has 1 aliphatic heterocycles. The van der Waals surface area contributed by atoms with Gasteiger partial charge in [-0.2, -0.15) is 0 Å². The molecule has 0 bridgehead atoms. The summed E-state index contributed by atoms with van der Waals surface area (Å²) < 4.78 is 10.6. The number of hydrogen-bond donors (Lipinski definition) is 6. The van der Waals surface area contributed by atoms with E-state index in [0.717, 1.165) is 5.57 Å². The Morgan fingerprint density at radius 3 is 2.38 bits per heavy atom. The summed E-state index contributed by atoms with van der Waals surface area (Å²) in [4.78, 5) is 0. The van der Waals surface area contributed by atoms with Crippen LogP contribution < -0.4 is 0 Å². The second kappa shape index (κ2) is 9.21. The highest BCUT2D eigenvalue weighted by atomic mass is 16.7. The van der Waals surface area contributed by atoms with E-state index in [0.29, 0.717) is 12.8 Å². The lowest BCUT2D eigenvalue weighted by Gasteiger charge is -2.39. The van der Waals surface area contributed by atoms with Crippen LogP contribution in [0.2, 0.25) is 0 Å². The molecule has 142 valence electrons. The molecular weight excluding hydrogens is 320 g/mol. The molecule has 1 rings (SSSR count). The maximum Gasteiger partial charge on any atom is 0.187 e. The summed E-state index contributed by atoms with van der Waals surface area (Å²) in [6, 6.07) is 0. The molecule has 0 radical (unpaired) electrons. The van der Waals surface area contributed by atoms with Crippen LogP contribution in [0.1, 0.15) is 33.6 Å². The van der Waals surface area contributed by atoms with Gasteiger partial charge in [0.1, 0.15) is 24.4 Å². The standard InChI is InChI=1S/C16H30O8/c1-9(4-5-11(18)16(2,3)22)6-7-23-15-14(21)13(20)12(19)10(8-17)24-15/h6,10-15,17-22H,4-5,7-8H2,1-3H3. The van der Waals surface area contributed by atoms with E-state index in [4.69, 9.17) is 14.6 Å². The first kappa shape index (κ1) is 21.5. The number of hydrogen-bond acceptors (Lipinski definition) is 8. The van der Waals surface area contributed by atoms with Gasteiger partial charge in [0, 0.05) is 0 Å². The molecule has 0 amide bonds. The molecule has 0 saturated carbocycles. The summed E-state index contributed by atoms with van der Waals surface area (Å²) in [5, 5.41) is 57.7. The molecule has 6 unspecified atom stereocenters. The van der Waals surface area contributed by atoms with Crippen LogP contribution >= 0.6 is 0 Å². The van der Waals surface area contributed by atoms with Gasteiger partial charge in [0.2, 0.25) is 0 Å². The molecule has 1 aliphatic rings. The van der Waals surface area contributed by atoms with Crippen molar-refractivity contribution in [2.75, 3.05) is 13.2 Å². The van der Waals surface area contributed by atoms with Gasteiger partial charge in [-0.3, -0.25) is 0 Å². The molecule has 1 fully saturated rings. The topological polar surface area (TPSA) is 140 Å². The van der Waals surface area contributed by atoms with E-state index < -0.39 is 49.0 Å². The van der Waals surface area contributed by atoms with E-state index in [1.54, 1.807) is 19.9 Å². The molecule has 6 atom stereocenters. The third-order valence-corrected chi connectivity index (χ3v) is 4.17. The molecule has 8 heteroatoms. The monoisotopic (exact) mass is 350 g/mol. The first-order valence-electron chi connectivity index (χ1n) is 8.06. The van der Waals surface area contributed by atoms with Gasteiger partial charge in [-0.25, -0.2) is 0 Å².